The lowest BCUT2D eigenvalue weighted by Gasteiger charge is -2.18. The van der Waals surface area contributed by atoms with E-state index in [2.05, 4.69) is 10.1 Å². The molecule has 0 saturated carbocycles. The quantitative estimate of drug-likeness (QED) is 0.470. The van der Waals surface area contributed by atoms with Gasteiger partial charge in [-0.1, -0.05) is 53.2 Å². The number of para-hydroxylation sites is 1. The average molecular weight is 401 g/mol. The number of aryl methyl sites for hydroxylation is 2. The van der Waals surface area contributed by atoms with Gasteiger partial charge in [-0.15, -0.1) is 0 Å². The average Bonchev–Trinajstić information content (AvgIpc) is 3.14. The molecule has 1 amide bonds. The molecule has 4 aromatic rings. The van der Waals surface area contributed by atoms with Crippen molar-refractivity contribution >= 4 is 17.0 Å². The summed E-state index contributed by atoms with van der Waals surface area (Å²) in [4.78, 5) is 19.5. The van der Waals surface area contributed by atoms with Gasteiger partial charge in [-0.2, -0.15) is 0 Å². The van der Waals surface area contributed by atoms with E-state index in [0.717, 1.165) is 16.9 Å². The molecule has 0 atom stereocenters. The molecule has 0 saturated heterocycles. The smallest absolute Gasteiger partial charge is 0.259 e. The predicted molar refractivity (Wildman–Crippen MR) is 116 cm³/mol. The number of fused-ring (bicyclic) bond motifs is 1. The number of carbonyl (C=O) groups excluding carboxylic acids is 1. The number of carbonyl (C=O) groups is 1. The normalized spacial score (nSPS) is 10.9. The van der Waals surface area contributed by atoms with Gasteiger partial charge in [0, 0.05) is 12.6 Å². The molecule has 152 valence electrons. The van der Waals surface area contributed by atoms with Gasteiger partial charge in [-0.05, 0) is 32.0 Å². The zero-order valence-electron chi connectivity index (χ0n) is 17.3. The maximum absolute atomic E-state index is 13.3. The maximum Gasteiger partial charge on any atom is 0.259 e. The van der Waals surface area contributed by atoms with Gasteiger partial charge in [-0.3, -0.25) is 4.79 Å². The van der Waals surface area contributed by atoms with Crippen LogP contribution in [0.4, 0.5) is 0 Å². The summed E-state index contributed by atoms with van der Waals surface area (Å²) >= 11 is 0. The fraction of sp³-hybridized carbons (Fsp3) is 0.208. The van der Waals surface area contributed by atoms with Crippen LogP contribution in [0.1, 0.15) is 21.6 Å². The third kappa shape index (κ3) is 4.03. The van der Waals surface area contributed by atoms with Crippen LogP contribution in [0.15, 0.2) is 65.2 Å². The lowest BCUT2D eigenvalue weighted by atomic mass is 10.0. The van der Waals surface area contributed by atoms with Crippen molar-refractivity contribution in [1.82, 2.24) is 15.0 Å². The van der Waals surface area contributed by atoms with Crippen LogP contribution < -0.4 is 4.74 Å². The van der Waals surface area contributed by atoms with Crippen molar-refractivity contribution in [3.05, 3.63) is 77.5 Å². The Hall–Kier alpha value is -3.67. The van der Waals surface area contributed by atoms with E-state index in [4.69, 9.17) is 9.26 Å². The molecular formula is C24H23N3O3. The second-order valence-corrected chi connectivity index (χ2v) is 7.26. The summed E-state index contributed by atoms with van der Waals surface area (Å²) in [6.45, 7) is 4.69. The van der Waals surface area contributed by atoms with E-state index in [1.54, 1.807) is 11.9 Å². The SMILES string of the molecule is Cc1ccc(-c2cc(C(=O)N(C)CCOc3ccccc3)c3c(C)noc3n2)cc1. The van der Waals surface area contributed by atoms with Crippen LogP contribution >= 0.6 is 0 Å². The summed E-state index contributed by atoms with van der Waals surface area (Å²) in [5.41, 5.74) is 4.28. The number of rotatable bonds is 6. The number of pyridine rings is 1. The van der Waals surface area contributed by atoms with E-state index in [1.165, 1.54) is 0 Å². The van der Waals surface area contributed by atoms with E-state index in [9.17, 15) is 4.79 Å². The Morgan fingerprint density at radius 3 is 2.53 bits per heavy atom. The molecule has 0 spiro atoms. The largest absolute Gasteiger partial charge is 0.492 e. The Balaban J connectivity index is 1.60. The number of benzene rings is 2. The molecule has 6 nitrogen and oxygen atoms in total. The topological polar surface area (TPSA) is 68.5 Å². The Morgan fingerprint density at radius 2 is 1.80 bits per heavy atom. The van der Waals surface area contributed by atoms with Crippen molar-refractivity contribution in [3.8, 4) is 17.0 Å². The van der Waals surface area contributed by atoms with Gasteiger partial charge >= 0.3 is 0 Å². The lowest BCUT2D eigenvalue weighted by molar-refractivity contribution is 0.0775. The van der Waals surface area contributed by atoms with Crippen molar-refractivity contribution in [3.63, 3.8) is 0 Å². The highest BCUT2D eigenvalue weighted by Gasteiger charge is 2.21. The van der Waals surface area contributed by atoms with Gasteiger partial charge in [0.2, 0.25) is 0 Å². The number of likely N-dealkylation sites (N-methyl/N-ethyl adjacent to an activating group) is 1. The molecule has 30 heavy (non-hydrogen) atoms. The summed E-state index contributed by atoms with van der Waals surface area (Å²) < 4.78 is 11.1. The van der Waals surface area contributed by atoms with E-state index < -0.39 is 0 Å². The highest BCUT2D eigenvalue weighted by molar-refractivity contribution is 6.06. The molecule has 0 radical (unpaired) electrons. The molecule has 0 unspecified atom stereocenters. The Labute approximate surface area is 175 Å². The van der Waals surface area contributed by atoms with Gasteiger partial charge in [-0.25, -0.2) is 4.98 Å². The number of hydrogen-bond donors (Lipinski definition) is 0. The first-order valence-electron chi connectivity index (χ1n) is 9.80. The van der Waals surface area contributed by atoms with Gasteiger partial charge in [0.05, 0.1) is 28.9 Å². The number of amides is 1. The molecule has 6 heteroatoms. The van der Waals surface area contributed by atoms with Crippen LogP contribution in [0.2, 0.25) is 0 Å². The molecule has 0 N–H and O–H groups in total. The molecule has 0 aliphatic heterocycles. The molecule has 0 bridgehead atoms. The first kappa shape index (κ1) is 19.6. The fourth-order valence-electron chi connectivity index (χ4n) is 3.26. The third-order valence-corrected chi connectivity index (χ3v) is 4.98. The first-order valence-corrected chi connectivity index (χ1v) is 9.80. The lowest BCUT2D eigenvalue weighted by Crippen LogP contribution is -2.31. The first-order chi connectivity index (χ1) is 14.5. The monoisotopic (exact) mass is 401 g/mol. The van der Waals surface area contributed by atoms with Crippen molar-refractivity contribution in [2.24, 2.45) is 0 Å². The Kier molecular flexibility index (Phi) is 5.48. The third-order valence-electron chi connectivity index (χ3n) is 4.98. The molecule has 0 fully saturated rings. The minimum Gasteiger partial charge on any atom is -0.492 e. The van der Waals surface area contributed by atoms with Gasteiger partial charge in [0.25, 0.3) is 11.6 Å². The van der Waals surface area contributed by atoms with E-state index in [-0.39, 0.29) is 5.91 Å². The highest BCUT2D eigenvalue weighted by atomic mass is 16.5. The number of hydrogen-bond acceptors (Lipinski definition) is 5. The second-order valence-electron chi connectivity index (χ2n) is 7.26. The zero-order valence-corrected chi connectivity index (χ0v) is 17.3. The zero-order chi connectivity index (χ0) is 21.1. The molecule has 2 heterocycles. The highest BCUT2D eigenvalue weighted by Crippen LogP contribution is 2.28. The number of nitrogens with zero attached hydrogens (tertiary/aromatic N) is 3. The van der Waals surface area contributed by atoms with Crippen LogP contribution in [-0.2, 0) is 0 Å². The van der Waals surface area contributed by atoms with E-state index in [0.29, 0.717) is 41.2 Å². The molecule has 2 aromatic carbocycles. The Morgan fingerprint density at radius 1 is 1.07 bits per heavy atom. The molecule has 4 rings (SSSR count). The molecular weight excluding hydrogens is 378 g/mol. The summed E-state index contributed by atoms with van der Waals surface area (Å²) in [7, 11) is 1.76. The van der Waals surface area contributed by atoms with E-state index >= 15 is 0 Å². The summed E-state index contributed by atoms with van der Waals surface area (Å²) in [5.74, 6) is 0.653. The van der Waals surface area contributed by atoms with Gasteiger partial charge in [0.15, 0.2) is 0 Å². The molecule has 2 aromatic heterocycles. The number of ether oxygens (including phenoxy) is 1. The summed E-state index contributed by atoms with van der Waals surface area (Å²) in [6, 6.07) is 19.4. The summed E-state index contributed by atoms with van der Waals surface area (Å²) in [6.07, 6.45) is 0. The van der Waals surface area contributed by atoms with Crippen molar-refractivity contribution in [2.75, 3.05) is 20.2 Å². The van der Waals surface area contributed by atoms with Gasteiger partial charge < -0.3 is 14.2 Å². The minimum absolute atomic E-state index is 0.126. The molecule has 0 aliphatic carbocycles. The number of aromatic nitrogens is 2. The van der Waals surface area contributed by atoms with E-state index in [1.807, 2.05) is 74.5 Å². The van der Waals surface area contributed by atoms with Crippen LogP contribution in [-0.4, -0.2) is 41.1 Å². The van der Waals surface area contributed by atoms with Crippen LogP contribution in [0.3, 0.4) is 0 Å². The van der Waals surface area contributed by atoms with Crippen LogP contribution in [0, 0.1) is 13.8 Å². The summed E-state index contributed by atoms with van der Waals surface area (Å²) in [5, 5.41) is 4.66. The maximum atomic E-state index is 13.3. The molecule has 0 aliphatic rings. The predicted octanol–water partition coefficient (Wildman–Crippen LogP) is 4.66. The standard InChI is InChI=1S/C24H23N3O3/c1-16-9-11-18(12-10-16)21-15-20(22-17(2)26-30-23(22)25-21)24(28)27(3)13-14-29-19-7-5-4-6-8-19/h4-12,15H,13-14H2,1-3H3. The van der Waals surface area contributed by atoms with Crippen LogP contribution in [0.5, 0.6) is 5.75 Å². The fourth-order valence-corrected chi connectivity index (χ4v) is 3.26. The van der Waals surface area contributed by atoms with Crippen LogP contribution in [0.25, 0.3) is 22.4 Å². The Bertz CT molecular complexity index is 1170. The second kappa shape index (κ2) is 8.37. The minimum atomic E-state index is -0.126. The van der Waals surface area contributed by atoms with Crippen molar-refractivity contribution < 1.29 is 14.1 Å². The van der Waals surface area contributed by atoms with Gasteiger partial charge in [0.1, 0.15) is 12.4 Å². The van der Waals surface area contributed by atoms with Crippen molar-refractivity contribution in [1.29, 1.82) is 0 Å². The van der Waals surface area contributed by atoms with Crippen molar-refractivity contribution in [2.45, 2.75) is 13.8 Å².